The zero-order valence-electron chi connectivity index (χ0n) is 7.19. The smallest absolute Gasteiger partial charge is 0.337 e. The van der Waals surface area contributed by atoms with Gasteiger partial charge < -0.3 is 9.29 Å². The number of ether oxygens (including phenoxy) is 1. The van der Waals surface area contributed by atoms with Crippen LogP contribution in [0, 0.1) is 3.57 Å². The number of halogens is 1. The van der Waals surface area contributed by atoms with Gasteiger partial charge in [0.2, 0.25) is 0 Å². The fourth-order valence-corrected chi connectivity index (χ4v) is 2.24. The number of carbonyl (C=O) groups excluding carboxylic acids is 1. The van der Waals surface area contributed by atoms with Gasteiger partial charge in [-0.1, -0.05) is 0 Å². The SMILES string of the molecule is COC(=O)c1cc(I)cc(S(=O)O)c1. The summed E-state index contributed by atoms with van der Waals surface area (Å²) in [5.41, 5.74) is 0.275. The number of benzene rings is 1. The summed E-state index contributed by atoms with van der Waals surface area (Å²) in [4.78, 5) is 11.3. The van der Waals surface area contributed by atoms with Crippen molar-refractivity contribution in [3.8, 4) is 0 Å². The first kappa shape index (κ1) is 11.6. The number of esters is 1. The molecule has 1 rings (SSSR count). The molecule has 0 spiro atoms. The summed E-state index contributed by atoms with van der Waals surface area (Å²) in [6, 6.07) is 4.45. The fraction of sp³-hybridized carbons (Fsp3) is 0.125. The predicted molar refractivity (Wildman–Crippen MR) is 59.5 cm³/mol. The number of hydrogen-bond acceptors (Lipinski definition) is 3. The third-order valence-electron chi connectivity index (χ3n) is 1.49. The maximum atomic E-state index is 11.1. The van der Waals surface area contributed by atoms with Gasteiger partial charge in [-0.3, -0.25) is 0 Å². The highest BCUT2D eigenvalue weighted by Crippen LogP contribution is 2.15. The van der Waals surface area contributed by atoms with E-state index in [1.54, 1.807) is 6.07 Å². The van der Waals surface area contributed by atoms with E-state index in [9.17, 15) is 9.00 Å². The molecule has 0 amide bonds. The Bertz CT molecular complexity index is 391. The molecule has 0 aliphatic heterocycles. The zero-order valence-corrected chi connectivity index (χ0v) is 10.2. The van der Waals surface area contributed by atoms with E-state index in [1.807, 2.05) is 22.6 Å². The lowest BCUT2D eigenvalue weighted by atomic mass is 10.2. The molecule has 1 aromatic carbocycles. The second-order valence-electron chi connectivity index (χ2n) is 2.42. The molecule has 1 N–H and O–H groups in total. The molecule has 0 fully saturated rings. The van der Waals surface area contributed by atoms with E-state index in [1.165, 1.54) is 19.2 Å². The Kier molecular flexibility index (Phi) is 4.02. The lowest BCUT2D eigenvalue weighted by Crippen LogP contribution is -2.03. The summed E-state index contributed by atoms with van der Waals surface area (Å²) >= 11 is -0.120. The van der Waals surface area contributed by atoms with Crippen molar-refractivity contribution < 1.29 is 18.3 Å². The minimum atomic E-state index is -2.08. The molecule has 1 atom stereocenters. The topological polar surface area (TPSA) is 63.6 Å². The second-order valence-corrected chi connectivity index (χ2v) is 4.63. The van der Waals surface area contributed by atoms with Crippen LogP contribution in [-0.2, 0) is 15.8 Å². The molecule has 0 bridgehead atoms. The summed E-state index contributed by atoms with van der Waals surface area (Å²) in [6.07, 6.45) is 0. The van der Waals surface area contributed by atoms with Gasteiger partial charge in [0, 0.05) is 3.57 Å². The summed E-state index contributed by atoms with van der Waals surface area (Å²) in [6.45, 7) is 0. The second kappa shape index (κ2) is 4.85. The van der Waals surface area contributed by atoms with E-state index >= 15 is 0 Å². The Morgan fingerprint density at radius 2 is 2.14 bits per heavy atom. The van der Waals surface area contributed by atoms with Crippen molar-refractivity contribution in [3.63, 3.8) is 0 Å². The molecule has 4 nitrogen and oxygen atoms in total. The Morgan fingerprint density at radius 1 is 1.50 bits per heavy atom. The quantitative estimate of drug-likeness (QED) is 0.510. The standard InChI is InChI=1S/C8H7IO4S/c1-13-8(10)5-2-6(9)4-7(3-5)14(11)12/h2-4H,1H3,(H,11,12). The van der Waals surface area contributed by atoms with Crippen LogP contribution in [0.15, 0.2) is 23.1 Å². The van der Waals surface area contributed by atoms with Crippen molar-refractivity contribution in [2.45, 2.75) is 4.90 Å². The summed E-state index contributed by atoms with van der Waals surface area (Å²) < 4.78 is 24.8. The first-order valence-corrected chi connectivity index (χ1v) is 5.73. The van der Waals surface area contributed by atoms with Crippen molar-refractivity contribution >= 4 is 39.6 Å². The average molecular weight is 326 g/mol. The summed E-state index contributed by atoms with van der Waals surface area (Å²) in [7, 11) is 1.26. The maximum Gasteiger partial charge on any atom is 0.337 e. The molecule has 0 radical (unpaired) electrons. The van der Waals surface area contributed by atoms with E-state index in [-0.39, 0.29) is 10.5 Å². The van der Waals surface area contributed by atoms with Crippen molar-refractivity contribution in [2.75, 3.05) is 7.11 Å². The lowest BCUT2D eigenvalue weighted by Gasteiger charge is -2.02. The Balaban J connectivity index is 3.20. The van der Waals surface area contributed by atoms with Gasteiger partial charge in [0.1, 0.15) is 0 Å². The molecule has 0 saturated heterocycles. The van der Waals surface area contributed by atoms with E-state index in [2.05, 4.69) is 4.74 Å². The Hall–Kier alpha value is -0.470. The predicted octanol–water partition coefficient (Wildman–Crippen LogP) is 1.66. The Morgan fingerprint density at radius 3 is 2.64 bits per heavy atom. The Labute approximate surface area is 97.1 Å². The van der Waals surface area contributed by atoms with Crippen LogP contribution < -0.4 is 0 Å². The number of methoxy groups -OCH3 is 1. The molecule has 76 valence electrons. The van der Waals surface area contributed by atoms with Gasteiger partial charge in [-0.15, -0.1) is 0 Å². The molecule has 14 heavy (non-hydrogen) atoms. The molecule has 0 aliphatic rings. The van der Waals surface area contributed by atoms with Crippen LogP contribution in [0.4, 0.5) is 0 Å². The molecule has 0 aliphatic carbocycles. The molecule has 0 saturated carbocycles. The van der Waals surface area contributed by atoms with E-state index in [0.717, 1.165) is 0 Å². The highest BCUT2D eigenvalue weighted by molar-refractivity contribution is 14.1. The van der Waals surface area contributed by atoms with E-state index in [4.69, 9.17) is 4.55 Å². The van der Waals surface area contributed by atoms with Gasteiger partial charge in [-0.05, 0) is 40.8 Å². The number of carbonyl (C=O) groups is 1. The van der Waals surface area contributed by atoms with Crippen molar-refractivity contribution in [1.82, 2.24) is 0 Å². The molecule has 1 unspecified atom stereocenters. The maximum absolute atomic E-state index is 11.1. The monoisotopic (exact) mass is 326 g/mol. The zero-order chi connectivity index (χ0) is 10.7. The van der Waals surface area contributed by atoms with Gasteiger partial charge >= 0.3 is 5.97 Å². The minimum absolute atomic E-state index is 0.192. The first-order chi connectivity index (χ1) is 6.54. The number of rotatable bonds is 2. The van der Waals surface area contributed by atoms with Crippen molar-refractivity contribution in [1.29, 1.82) is 0 Å². The van der Waals surface area contributed by atoms with Crippen molar-refractivity contribution in [3.05, 3.63) is 27.3 Å². The summed E-state index contributed by atoms with van der Waals surface area (Å²) in [5.74, 6) is -0.518. The molecule has 1 aromatic rings. The van der Waals surface area contributed by atoms with Crippen LogP contribution in [0.1, 0.15) is 10.4 Å². The van der Waals surface area contributed by atoms with E-state index < -0.39 is 17.0 Å². The van der Waals surface area contributed by atoms with Gasteiger partial charge in [-0.25, -0.2) is 9.00 Å². The van der Waals surface area contributed by atoms with Crippen LogP contribution in [0.5, 0.6) is 0 Å². The lowest BCUT2D eigenvalue weighted by molar-refractivity contribution is 0.0600. The van der Waals surface area contributed by atoms with Crippen molar-refractivity contribution in [2.24, 2.45) is 0 Å². The van der Waals surface area contributed by atoms with Crippen LogP contribution in [-0.4, -0.2) is 21.8 Å². The van der Waals surface area contributed by atoms with Gasteiger partial charge in [0.05, 0.1) is 17.6 Å². The molecule has 0 aromatic heterocycles. The van der Waals surface area contributed by atoms with Crippen LogP contribution in [0.2, 0.25) is 0 Å². The average Bonchev–Trinajstić information content (AvgIpc) is 2.15. The van der Waals surface area contributed by atoms with Gasteiger partial charge in [0.15, 0.2) is 11.1 Å². The first-order valence-electron chi connectivity index (χ1n) is 3.54. The van der Waals surface area contributed by atoms with Gasteiger partial charge in [0.25, 0.3) is 0 Å². The summed E-state index contributed by atoms with van der Waals surface area (Å²) in [5, 5.41) is 0. The largest absolute Gasteiger partial charge is 0.465 e. The molecular formula is C8H7IO4S. The van der Waals surface area contributed by atoms with Crippen LogP contribution in [0.3, 0.4) is 0 Å². The molecule has 6 heteroatoms. The fourth-order valence-electron chi connectivity index (χ4n) is 0.899. The molecular weight excluding hydrogens is 319 g/mol. The third kappa shape index (κ3) is 2.76. The number of hydrogen-bond donors (Lipinski definition) is 1. The van der Waals surface area contributed by atoms with Crippen LogP contribution >= 0.6 is 22.6 Å². The van der Waals surface area contributed by atoms with Gasteiger partial charge in [-0.2, -0.15) is 0 Å². The van der Waals surface area contributed by atoms with E-state index in [0.29, 0.717) is 3.57 Å². The minimum Gasteiger partial charge on any atom is -0.465 e. The van der Waals surface area contributed by atoms with Crippen LogP contribution in [0.25, 0.3) is 0 Å². The normalized spacial score (nSPS) is 12.2. The third-order valence-corrected chi connectivity index (χ3v) is 2.76. The highest BCUT2D eigenvalue weighted by Gasteiger charge is 2.10. The highest BCUT2D eigenvalue weighted by atomic mass is 127. The molecule has 0 heterocycles.